The zero-order valence-corrected chi connectivity index (χ0v) is 12.9. The van der Waals surface area contributed by atoms with Crippen LogP contribution < -0.4 is 4.74 Å². The van der Waals surface area contributed by atoms with Crippen LogP contribution in [0.15, 0.2) is 18.2 Å². The second kappa shape index (κ2) is 7.56. The highest BCUT2D eigenvalue weighted by Crippen LogP contribution is 2.27. The molecule has 1 aromatic carbocycles. The molecule has 0 radical (unpaired) electrons. The summed E-state index contributed by atoms with van der Waals surface area (Å²) in [5.41, 5.74) is -0.439. The minimum Gasteiger partial charge on any atom is -0.487 e. The fraction of sp³-hybridized carbons (Fsp3) is 0.500. The first kappa shape index (κ1) is 17.6. The lowest BCUT2D eigenvalue weighted by molar-refractivity contribution is -0.386. The van der Waals surface area contributed by atoms with Crippen molar-refractivity contribution in [2.24, 2.45) is 5.92 Å². The van der Waals surface area contributed by atoms with Gasteiger partial charge in [-0.05, 0) is 30.9 Å². The molecule has 0 heterocycles. The highest BCUT2D eigenvalue weighted by molar-refractivity contribution is 8.13. The zero-order valence-electron chi connectivity index (χ0n) is 11.3. The van der Waals surface area contributed by atoms with Gasteiger partial charge in [-0.15, -0.1) is 0 Å². The van der Waals surface area contributed by atoms with Crippen LogP contribution in [-0.4, -0.2) is 25.7 Å². The molecular formula is C12H15ClFNO5S. The molecule has 0 aliphatic carbocycles. The predicted molar refractivity (Wildman–Crippen MR) is 76.6 cm³/mol. The number of hydrogen-bond donors (Lipinski definition) is 0. The van der Waals surface area contributed by atoms with Crippen LogP contribution in [0.25, 0.3) is 0 Å². The van der Waals surface area contributed by atoms with Gasteiger partial charge in [0.05, 0.1) is 23.3 Å². The second-order valence-corrected chi connectivity index (χ2v) is 7.54. The van der Waals surface area contributed by atoms with Crippen LogP contribution in [-0.2, 0) is 9.05 Å². The van der Waals surface area contributed by atoms with Crippen molar-refractivity contribution in [3.05, 3.63) is 34.1 Å². The molecule has 9 heteroatoms. The standard InChI is InChI=1S/C12H15ClFNO5S/c1-9(5-7-21(13,18)19)4-6-20-12-3-2-10(14)8-11(12)15(16)17/h2-3,8-9H,4-7H2,1H3. The van der Waals surface area contributed by atoms with E-state index in [2.05, 4.69) is 0 Å². The Kier molecular flexibility index (Phi) is 6.35. The monoisotopic (exact) mass is 339 g/mol. The van der Waals surface area contributed by atoms with Crippen molar-refractivity contribution < 1.29 is 22.5 Å². The number of nitrogens with zero attached hydrogens (tertiary/aromatic N) is 1. The summed E-state index contributed by atoms with van der Waals surface area (Å²) in [6.07, 6.45) is 0.877. The van der Waals surface area contributed by atoms with E-state index in [0.717, 1.165) is 12.1 Å². The maximum absolute atomic E-state index is 12.9. The summed E-state index contributed by atoms with van der Waals surface area (Å²) in [7, 11) is 1.59. The third-order valence-electron chi connectivity index (χ3n) is 2.84. The maximum Gasteiger partial charge on any atom is 0.313 e. The van der Waals surface area contributed by atoms with Crippen molar-refractivity contribution in [2.75, 3.05) is 12.4 Å². The van der Waals surface area contributed by atoms with Gasteiger partial charge in [-0.25, -0.2) is 12.8 Å². The van der Waals surface area contributed by atoms with E-state index in [0.29, 0.717) is 12.8 Å². The fourth-order valence-electron chi connectivity index (χ4n) is 1.61. The largest absolute Gasteiger partial charge is 0.487 e. The molecule has 0 bridgehead atoms. The average molecular weight is 340 g/mol. The number of rotatable bonds is 8. The van der Waals surface area contributed by atoms with Crippen molar-refractivity contribution >= 4 is 25.4 Å². The van der Waals surface area contributed by atoms with Crippen molar-refractivity contribution in [3.8, 4) is 5.75 Å². The summed E-state index contributed by atoms with van der Waals surface area (Å²) in [4.78, 5) is 10.0. The molecule has 0 aliphatic rings. The van der Waals surface area contributed by atoms with Crippen LogP contribution in [0, 0.1) is 21.8 Å². The van der Waals surface area contributed by atoms with E-state index >= 15 is 0 Å². The Balaban J connectivity index is 2.51. The lowest BCUT2D eigenvalue weighted by Crippen LogP contribution is -2.09. The Labute approximate surface area is 126 Å². The molecule has 0 aromatic heterocycles. The van der Waals surface area contributed by atoms with Gasteiger partial charge in [-0.2, -0.15) is 0 Å². The van der Waals surface area contributed by atoms with E-state index in [-0.39, 0.29) is 24.0 Å². The molecule has 0 amide bonds. The molecule has 0 aliphatic heterocycles. The van der Waals surface area contributed by atoms with Gasteiger partial charge in [-0.1, -0.05) is 6.92 Å². The van der Waals surface area contributed by atoms with Crippen LogP contribution in [0.3, 0.4) is 0 Å². The Morgan fingerprint density at radius 2 is 2.10 bits per heavy atom. The second-order valence-electron chi connectivity index (χ2n) is 4.64. The van der Waals surface area contributed by atoms with Crippen LogP contribution in [0.5, 0.6) is 5.75 Å². The van der Waals surface area contributed by atoms with E-state index in [9.17, 15) is 22.9 Å². The van der Waals surface area contributed by atoms with Crippen LogP contribution in [0.1, 0.15) is 19.8 Å². The normalized spacial score (nSPS) is 12.9. The van der Waals surface area contributed by atoms with Gasteiger partial charge in [0, 0.05) is 10.7 Å². The minimum atomic E-state index is -3.52. The fourth-order valence-corrected chi connectivity index (χ4v) is 2.56. The van der Waals surface area contributed by atoms with E-state index in [4.69, 9.17) is 15.4 Å². The Bertz CT molecular complexity index is 608. The summed E-state index contributed by atoms with van der Waals surface area (Å²) in [6.45, 7) is 1.99. The lowest BCUT2D eigenvalue weighted by Gasteiger charge is -2.11. The minimum absolute atomic E-state index is 0.0152. The van der Waals surface area contributed by atoms with Crippen molar-refractivity contribution in [3.63, 3.8) is 0 Å². The molecule has 6 nitrogen and oxygen atoms in total. The molecule has 118 valence electrons. The van der Waals surface area contributed by atoms with Gasteiger partial charge in [0.2, 0.25) is 9.05 Å². The van der Waals surface area contributed by atoms with Crippen LogP contribution in [0.2, 0.25) is 0 Å². The quantitative estimate of drug-likeness (QED) is 0.412. The summed E-state index contributed by atoms with van der Waals surface area (Å²) in [6, 6.07) is 3.06. The molecule has 1 unspecified atom stereocenters. The Morgan fingerprint density at radius 3 is 2.67 bits per heavy atom. The molecule has 1 rings (SSSR count). The smallest absolute Gasteiger partial charge is 0.313 e. The number of halogens is 2. The van der Waals surface area contributed by atoms with Gasteiger partial charge < -0.3 is 4.74 Å². The molecule has 1 aromatic rings. The van der Waals surface area contributed by atoms with Crippen molar-refractivity contribution in [1.29, 1.82) is 0 Å². The summed E-state index contributed by atoms with van der Waals surface area (Å²) in [5, 5.41) is 10.8. The third-order valence-corrected chi connectivity index (χ3v) is 4.03. The molecule has 0 N–H and O–H groups in total. The first-order valence-electron chi connectivity index (χ1n) is 6.18. The number of nitro groups is 1. The molecule has 0 saturated heterocycles. The molecule has 0 fully saturated rings. The van der Waals surface area contributed by atoms with Crippen molar-refractivity contribution in [1.82, 2.24) is 0 Å². The lowest BCUT2D eigenvalue weighted by atomic mass is 10.1. The Morgan fingerprint density at radius 1 is 1.43 bits per heavy atom. The van der Waals surface area contributed by atoms with Crippen LogP contribution >= 0.6 is 10.7 Å². The van der Waals surface area contributed by atoms with Crippen LogP contribution in [0.4, 0.5) is 10.1 Å². The molecule has 0 saturated carbocycles. The highest BCUT2D eigenvalue weighted by Gasteiger charge is 2.17. The van der Waals surface area contributed by atoms with E-state index in [1.165, 1.54) is 6.07 Å². The Hall–Kier alpha value is -1.41. The number of nitro benzene ring substituents is 1. The molecule has 1 atom stereocenters. The van der Waals surface area contributed by atoms with Gasteiger partial charge in [0.25, 0.3) is 0 Å². The molecule has 0 spiro atoms. The SMILES string of the molecule is CC(CCOc1ccc(F)cc1[N+](=O)[O-])CCS(=O)(=O)Cl. The van der Waals surface area contributed by atoms with Crippen molar-refractivity contribution in [2.45, 2.75) is 19.8 Å². The summed E-state index contributed by atoms with van der Waals surface area (Å²) in [5.74, 6) is -0.835. The first-order chi connectivity index (χ1) is 9.69. The topological polar surface area (TPSA) is 86.5 Å². The predicted octanol–water partition coefficient (Wildman–Crippen LogP) is 3.10. The third kappa shape index (κ3) is 6.72. The van der Waals surface area contributed by atoms with E-state index in [1.807, 2.05) is 6.92 Å². The zero-order chi connectivity index (χ0) is 16.0. The van der Waals surface area contributed by atoms with E-state index < -0.39 is 25.5 Å². The van der Waals surface area contributed by atoms with Gasteiger partial charge in [0.15, 0.2) is 5.75 Å². The highest BCUT2D eigenvalue weighted by atomic mass is 35.7. The summed E-state index contributed by atoms with van der Waals surface area (Å²) >= 11 is 0. The van der Waals surface area contributed by atoms with E-state index in [1.54, 1.807) is 0 Å². The van der Waals surface area contributed by atoms with Gasteiger partial charge in [-0.3, -0.25) is 10.1 Å². The first-order valence-corrected chi connectivity index (χ1v) is 8.66. The number of benzene rings is 1. The molecule has 21 heavy (non-hydrogen) atoms. The average Bonchev–Trinajstić information content (AvgIpc) is 2.37. The maximum atomic E-state index is 12.9. The van der Waals surface area contributed by atoms with Gasteiger partial charge in [0.1, 0.15) is 5.82 Å². The number of hydrogen-bond acceptors (Lipinski definition) is 5. The van der Waals surface area contributed by atoms with Gasteiger partial charge >= 0.3 is 5.69 Å². The summed E-state index contributed by atoms with van der Waals surface area (Å²) < 4.78 is 39.8. The number of ether oxygens (including phenoxy) is 1. The molecular weight excluding hydrogens is 325 g/mol.